The van der Waals surface area contributed by atoms with Crippen LogP contribution >= 0.6 is 12.4 Å². The average molecular weight is 368 g/mol. The summed E-state index contributed by atoms with van der Waals surface area (Å²) < 4.78 is 28.5. The minimum absolute atomic E-state index is 0. The molecular weight excluding hydrogens is 346 g/mol. The zero-order valence-electron chi connectivity index (χ0n) is 13.6. The number of hydrogen-bond acceptors (Lipinski definition) is 4. The highest BCUT2D eigenvalue weighted by atomic mass is 35.5. The number of aromatic nitrogens is 1. The Hall–Kier alpha value is -1.21. The molecule has 5 nitrogen and oxygen atoms in total. The van der Waals surface area contributed by atoms with Crippen LogP contribution in [-0.4, -0.2) is 43.4 Å². The van der Waals surface area contributed by atoms with E-state index in [4.69, 9.17) is 0 Å². The molecule has 130 valence electrons. The van der Waals surface area contributed by atoms with Crippen LogP contribution in [0.1, 0.15) is 18.4 Å². The van der Waals surface area contributed by atoms with Gasteiger partial charge in [0.1, 0.15) is 0 Å². The largest absolute Gasteiger partial charge is 0.315 e. The number of piperidine rings is 1. The second kappa shape index (κ2) is 6.59. The molecule has 3 aliphatic heterocycles. The maximum absolute atomic E-state index is 13.4. The molecule has 2 atom stereocenters. The van der Waals surface area contributed by atoms with Gasteiger partial charge in [-0.25, -0.2) is 8.42 Å². The van der Waals surface area contributed by atoms with Crippen LogP contribution in [0.2, 0.25) is 0 Å². The van der Waals surface area contributed by atoms with Gasteiger partial charge < -0.3 is 5.32 Å². The number of nitrogens with zero attached hydrogens (tertiary/aromatic N) is 2. The summed E-state index contributed by atoms with van der Waals surface area (Å²) in [7, 11) is -3.50. The van der Waals surface area contributed by atoms with Crippen LogP contribution in [0.25, 0.3) is 10.8 Å². The molecule has 1 aromatic heterocycles. The van der Waals surface area contributed by atoms with E-state index in [1.54, 1.807) is 22.8 Å². The van der Waals surface area contributed by atoms with Gasteiger partial charge in [0, 0.05) is 42.3 Å². The monoisotopic (exact) mass is 367 g/mol. The second-order valence-electron chi connectivity index (χ2n) is 6.64. The summed E-state index contributed by atoms with van der Waals surface area (Å²) in [6.45, 7) is 4.22. The fourth-order valence-corrected chi connectivity index (χ4v) is 5.92. The minimum atomic E-state index is -3.50. The van der Waals surface area contributed by atoms with E-state index >= 15 is 0 Å². The number of hydrogen-bond donors (Lipinski definition) is 1. The van der Waals surface area contributed by atoms with Crippen molar-refractivity contribution in [1.29, 1.82) is 0 Å². The number of pyridine rings is 1. The smallest absolute Gasteiger partial charge is 0.244 e. The van der Waals surface area contributed by atoms with Gasteiger partial charge in [0.2, 0.25) is 10.0 Å². The highest BCUT2D eigenvalue weighted by molar-refractivity contribution is 7.89. The summed E-state index contributed by atoms with van der Waals surface area (Å²) in [5.41, 5.74) is 0.903. The topological polar surface area (TPSA) is 62.3 Å². The lowest BCUT2D eigenvalue weighted by Crippen LogP contribution is -2.47. The summed E-state index contributed by atoms with van der Waals surface area (Å²) in [4.78, 5) is 4.60. The Kier molecular flexibility index (Phi) is 4.84. The number of benzene rings is 1. The van der Waals surface area contributed by atoms with Crippen molar-refractivity contribution in [2.45, 2.75) is 30.7 Å². The molecule has 0 radical (unpaired) electrons. The fourth-order valence-electron chi connectivity index (χ4n) is 3.90. The van der Waals surface area contributed by atoms with Crippen LogP contribution in [0.15, 0.2) is 35.5 Å². The first-order chi connectivity index (χ1) is 11.1. The molecule has 0 amide bonds. The molecule has 5 rings (SSSR count). The first-order valence-corrected chi connectivity index (χ1v) is 9.57. The Morgan fingerprint density at radius 3 is 2.88 bits per heavy atom. The van der Waals surface area contributed by atoms with Crippen molar-refractivity contribution in [3.05, 3.63) is 36.2 Å². The van der Waals surface area contributed by atoms with Crippen molar-refractivity contribution in [2.24, 2.45) is 5.92 Å². The van der Waals surface area contributed by atoms with Crippen LogP contribution in [-0.2, 0) is 10.0 Å². The predicted molar refractivity (Wildman–Crippen MR) is 97.0 cm³/mol. The van der Waals surface area contributed by atoms with Gasteiger partial charge in [-0.05, 0) is 43.9 Å². The van der Waals surface area contributed by atoms with Crippen LogP contribution in [0.5, 0.6) is 0 Å². The summed E-state index contributed by atoms with van der Waals surface area (Å²) in [6, 6.07) is 5.53. The summed E-state index contributed by atoms with van der Waals surface area (Å²) in [5, 5.41) is 5.08. The Labute approximate surface area is 148 Å². The maximum Gasteiger partial charge on any atom is 0.244 e. The molecule has 3 saturated heterocycles. The molecule has 4 heterocycles. The molecule has 0 spiro atoms. The van der Waals surface area contributed by atoms with Crippen molar-refractivity contribution >= 4 is 33.2 Å². The third-order valence-electron chi connectivity index (χ3n) is 5.09. The second-order valence-corrected chi connectivity index (χ2v) is 8.50. The fraction of sp³-hybridized carbons (Fsp3) is 0.471. The molecule has 3 aliphatic rings. The van der Waals surface area contributed by atoms with E-state index in [2.05, 4.69) is 10.3 Å². The molecule has 0 saturated carbocycles. The number of aryl methyl sites for hydroxylation is 1. The van der Waals surface area contributed by atoms with Gasteiger partial charge in [-0.15, -0.1) is 12.4 Å². The van der Waals surface area contributed by atoms with E-state index < -0.39 is 10.0 Å². The standard InChI is InChI=1S/C17H21N3O2S.ClH/c1-12-7-18-9-14-3-2-4-16(17(12)14)23(21,22)20-11-13-5-6-15(20)10-19-8-13;/h2-4,7,9,13,15,19H,5-6,8,10-11H2,1H3;1H. The number of halogens is 1. The number of nitrogens with one attached hydrogen (secondary N) is 1. The van der Waals surface area contributed by atoms with Crippen molar-refractivity contribution < 1.29 is 8.42 Å². The molecule has 2 bridgehead atoms. The Morgan fingerprint density at radius 1 is 1.21 bits per heavy atom. The van der Waals surface area contributed by atoms with Crippen LogP contribution in [0.4, 0.5) is 0 Å². The molecule has 2 aromatic rings. The Balaban J connectivity index is 0.00000169. The van der Waals surface area contributed by atoms with Crippen molar-refractivity contribution in [1.82, 2.24) is 14.6 Å². The van der Waals surface area contributed by atoms with Crippen LogP contribution in [0, 0.1) is 12.8 Å². The third-order valence-corrected chi connectivity index (χ3v) is 7.05. The summed E-state index contributed by atoms with van der Waals surface area (Å²) in [6.07, 6.45) is 5.53. The molecule has 24 heavy (non-hydrogen) atoms. The first kappa shape index (κ1) is 17.6. The lowest BCUT2D eigenvalue weighted by molar-refractivity contribution is 0.230. The third kappa shape index (κ3) is 2.81. The Bertz CT molecular complexity index is 847. The molecule has 1 N–H and O–H groups in total. The zero-order valence-corrected chi connectivity index (χ0v) is 15.2. The lowest BCUT2D eigenvalue weighted by atomic mass is 9.97. The van der Waals surface area contributed by atoms with Crippen molar-refractivity contribution in [3.8, 4) is 0 Å². The predicted octanol–water partition coefficient (Wildman–Crippen LogP) is 2.34. The van der Waals surface area contributed by atoms with E-state index in [9.17, 15) is 8.42 Å². The van der Waals surface area contributed by atoms with Gasteiger partial charge in [0.25, 0.3) is 0 Å². The van der Waals surface area contributed by atoms with Gasteiger partial charge in [0.15, 0.2) is 0 Å². The molecule has 7 heteroatoms. The first-order valence-electron chi connectivity index (χ1n) is 8.13. The molecule has 3 fully saturated rings. The van der Waals surface area contributed by atoms with E-state index in [-0.39, 0.29) is 18.4 Å². The number of sulfonamides is 1. The van der Waals surface area contributed by atoms with Crippen molar-refractivity contribution in [2.75, 3.05) is 19.6 Å². The van der Waals surface area contributed by atoms with E-state index in [0.717, 1.165) is 42.3 Å². The van der Waals surface area contributed by atoms with E-state index in [1.165, 1.54) is 0 Å². The highest BCUT2D eigenvalue weighted by Crippen LogP contribution is 2.33. The number of fused-ring (bicyclic) bond motifs is 5. The van der Waals surface area contributed by atoms with Crippen molar-refractivity contribution in [3.63, 3.8) is 0 Å². The summed E-state index contributed by atoms with van der Waals surface area (Å²) in [5.74, 6) is 0.418. The molecule has 0 aliphatic carbocycles. The van der Waals surface area contributed by atoms with Gasteiger partial charge in [0.05, 0.1) is 4.90 Å². The minimum Gasteiger partial charge on any atom is -0.315 e. The van der Waals surface area contributed by atoms with Gasteiger partial charge in [-0.3, -0.25) is 4.98 Å². The normalized spacial score (nSPS) is 24.5. The van der Waals surface area contributed by atoms with Crippen LogP contribution in [0.3, 0.4) is 0 Å². The zero-order chi connectivity index (χ0) is 16.0. The van der Waals surface area contributed by atoms with Gasteiger partial charge >= 0.3 is 0 Å². The quantitative estimate of drug-likeness (QED) is 0.885. The molecule has 2 unspecified atom stereocenters. The average Bonchev–Trinajstić information content (AvgIpc) is 2.90. The lowest BCUT2D eigenvalue weighted by Gasteiger charge is -2.35. The van der Waals surface area contributed by atoms with Gasteiger partial charge in [-0.2, -0.15) is 4.31 Å². The molecule has 1 aromatic carbocycles. The van der Waals surface area contributed by atoms with Crippen LogP contribution < -0.4 is 5.32 Å². The summed E-state index contributed by atoms with van der Waals surface area (Å²) >= 11 is 0. The molecular formula is C17H22ClN3O2S. The number of rotatable bonds is 2. The SMILES string of the molecule is Cc1cncc2cccc(S(=O)(=O)N3CC4CCC3CNC4)c12.Cl. The highest BCUT2D eigenvalue weighted by Gasteiger charge is 2.39. The maximum atomic E-state index is 13.4. The Morgan fingerprint density at radius 2 is 2.04 bits per heavy atom. The van der Waals surface area contributed by atoms with E-state index in [1.807, 2.05) is 19.1 Å². The van der Waals surface area contributed by atoms with E-state index in [0.29, 0.717) is 17.4 Å². The van der Waals surface area contributed by atoms with Gasteiger partial charge in [-0.1, -0.05) is 12.1 Å².